The van der Waals surface area contributed by atoms with E-state index < -0.39 is 11.9 Å². The number of hydrogen-bond donors (Lipinski definition) is 1. The quantitative estimate of drug-likeness (QED) is 0.900. The van der Waals surface area contributed by atoms with Gasteiger partial charge in [-0.1, -0.05) is 24.3 Å². The Morgan fingerprint density at radius 1 is 1.16 bits per heavy atom. The molecular weight excluding hydrogens is 247 g/mol. The molecule has 0 saturated carbocycles. The van der Waals surface area contributed by atoms with Gasteiger partial charge in [0.25, 0.3) is 0 Å². The zero-order chi connectivity index (χ0) is 13.7. The molecule has 0 aliphatic carbocycles. The van der Waals surface area contributed by atoms with Crippen LogP contribution in [0.5, 0.6) is 11.5 Å². The maximum absolute atomic E-state index is 13.3. The van der Waals surface area contributed by atoms with Crippen LogP contribution >= 0.6 is 0 Å². The first-order chi connectivity index (χ1) is 9.20. The van der Waals surface area contributed by atoms with E-state index >= 15 is 0 Å². The third-order valence-corrected chi connectivity index (χ3v) is 2.71. The summed E-state index contributed by atoms with van der Waals surface area (Å²) in [4.78, 5) is 0. The van der Waals surface area contributed by atoms with Crippen molar-refractivity contribution in [2.45, 2.75) is 6.10 Å². The van der Waals surface area contributed by atoms with E-state index in [0.717, 1.165) is 0 Å². The molecule has 19 heavy (non-hydrogen) atoms. The minimum atomic E-state index is -0.838. The number of methoxy groups -OCH3 is 1. The highest BCUT2D eigenvalue weighted by Gasteiger charge is 2.10. The van der Waals surface area contributed by atoms with Crippen LogP contribution in [-0.4, -0.2) is 18.8 Å². The summed E-state index contributed by atoms with van der Waals surface area (Å²) < 4.78 is 23.7. The van der Waals surface area contributed by atoms with Crippen molar-refractivity contribution in [3.05, 3.63) is 59.9 Å². The van der Waals surface area contributed by atoms with Crippen molar-refractivity contribution in [2.75, 3.05) is 13.7 Å². The van der Waals surface area contributed by atoms with Crippen LogP contribution in [0.2, 0.25) is 0 Å². The Balaban J connectivity index is 2.01. The van der Waals surface area contributed by atoms with Gasteiger partial charge in [-0.15, -0.1) is 0 Å². The fourth-order valence-corrected chi connectivity index (χ4v) is 1.68. The van der Waals surface area contributed by atoms with E-state index in [2.05, 4.69) is 0 Å². The van der Waals surface area contributed by atoms with E-state index in [9.17, 15) is 9.50 Å². The molecule has 0 amide bonds. The highest BCUT2D eigenvalue weighted by molar-refractivity contribution is 5.30. The number of aliphatic hydroxyl groups excluding tert-OH is 1. The standard InChI is InChI=1S/C15H15FO3/c1-18-12-6-4-5-11(9-12)14(17)10-19-15-8-3-2-7-13(15)16/h2-9,14,17H,10H2,1H3. The second-order valence-electron chi connectivity index (χ2n) is 4.03. The van der Waals surface area contributed by atoms with Crippen molar-refractivity contribution in [2.24, 2.45) is 0 Å². The number of benzene rings is 2. The van der Waals surface area contributed by atoms with Crippen molar-refractivity contribution < 1.29 is 19.0 Å². The van der Waals surface area contributed by atoms with Crippen molar-refractivity contribution in [3.8, 4) is 11.5 Å². The monoisotopic (exact) mass is 262 g/mol. The molecule has 100 valence electrons. The van der Waals surface area contributed by atoms with Gasteiger partial charge in [0, 0.05) is 0 Å². The average Bonchev–Trinajstić information content (AvgIpc) is 2.46. The molecule has 0 saturated heterocycles. The second-order valence-corrected chi connectivity index (χ2v) is 4.03. The molecule has 1 unspecified atom stereocenters. The van der Waals surface area contributed by atoms with Gasteiger partial charge in [0.1, 0.15) is 18.5 Å². The van der Waals surface area contributed by atoms with Crippen LogP contribution in [0.25, 0.3) is 0 Å². The lowest BCUT2D eigenvalue weighted by molar-refractivity contribution is 0.105. The van der Waals surface area contributed by atoms with Gasteiger partial charge in [0.05, 0.1) is 7.11 Å². The fraction of sp³-hybridized carbons (Fsp3) is 0.200. The van der Waals surface area contributed by atoms with E-state index in [1.807, 2.05) is 0 Å². The first-order valence-corrected chi connectivity index (χ1v) is 5.90. The summed E-state index contributed by atoms with van der Waals surface area (Å²) >= 11 is 0. The average molecular weight is 262 g/mol. The number of ether oxygens (including phenoxy) is 2. The lowest BCUT2D eigenvalue weighted by atomic mass is 10.1. The molecule has 0 fully saturated rings. The molecule has 0 aliphatic heterocycles. The molecular formula is C15H15FO3. The molecule has 0 spiro atoms. The van der Waals surface area contributed by atoms with E-state index in [4.69, 9.17) is 9.47 Å². The maximum atomic E-state index is 13.3. The Bertz CT molecular complexity index is 542. The predicted octanol–water partition coefficient (Wildman–Crippen LogP) is 2.95. The summed E-state index contributed by atoms with van der Waals surface area (Å²) in [6, 6.07) is 13.1. The number of para-hydroxylation sites is 1. The lowest BCUT2D eigenvalue weighted by Gasteiger charge is -2.13. The van der Waals surface area contributed by atoms with Crippen LogP contribution in [0.1, 0.15) is 11.7 Å². The van der Waals surface area contributed by atoms with Crippen LogP contribution in [-0.2, 0) is 0 Å². The van der Waals surface area contributed by atoms with Gasteiger partial charge in [-0.05, 0) is 29.8 Å². The molecule has 0 heterocycles. The maximum Gasteiger partial charge on any atom is 0.165 e. The molecule has 0 bridgehead atoms. The first-order valence-electron chi connectivity index (χ1n) is 5.90. The molecule has 0 aliphatic rings. The Labute approximate surface area is 111 Å². The van der Waals surface area contributed by atoms with E-state index in [1.54, 1.807) is 43.5 Å². The molecule has 0 aromatic heterocycles. The number of halogens is 1. The second kappa shape index (κ2) is 6.20. The minimum absolute atomic E-state index is 0.0197. The number of rotatable bonds is 5. The Morgan fingerprint density at radius 2 is 1.95 bits per heavy atom. The van der Waals surface area contributed by atoms with E-state index in [1.165, 1.54) is 12.1 Å². The van der Waals surface area contributed by atoms with Crippen LogP contribution in [0, 0.1) is 5.82 Å². The lowest BCUT2D eigenvalue weighted by Crippen LogP contribution is -2.10. The summed E-state index contributed by atoms with van der Waals surface area (Å²) in [6.07, 6.45) is -0.838. The summed E-state index contributed by atoms with van der Waals surface area (Å²) in [5, 5.41) is 9.99. The Kier molecular flexibility index (Phi) is 4.36. The number of hydrogen-bond acceptors (Lipinski definition) is 3. The summed E-state index contributed by atoms with van der Waals surface area (Å²) in [6.45, 7) is -0.0197. The van der Waals surface area contributed by atoms with Crippen LogP contribution in [0.4, 0.5) is 4.39 Å². The highest BCUT2D eigenvalue weighted by atomic mass is 19.1. The summed E-state index contributed by atoms with van der Waals surface area (Å²) in [7, 11) is 1.56. The number of aliphatic hydroxyl groups is 1. The van der Waals surface area contributed by atoms with Gasteiger partial charge in [-0.25, -0.2) is 4.39 Å². The summed E-state index contributed by atoms with van der Waals surface area (Å²) in [5.74, 6) is 0.340. The topological polar surface area (TPSA) is 38.7 Å². The molecule has 1 N–H and O–H groups in total. The molecule has 2 rings (SSSR count). The largest absolute Gasteiger partial charge is 0.497 e. The van der Waals surface area contributed by atoms with Crippen molar-refractivity contribution in [1.29, 1.82) is 0 Å². The van der Waals surface area contributed by atoms with Crippen LogP contribution in [0.3, 0.4) is 0 Å². The molecule has 4 heteroatoms. The highest BCUT2D eigenvalue weighted by Crippen LogP contribution is 2.21. The van der Waals surface area contributed by atoms with Gasteiger partial charge in [-0.3, -0.25) is 0 Å². The van der Waals surface area contributed by atoms with Crippen LogP contribution in [0.15, 0.2) is 48.5 Å². The zero-order valence-corrected chi connectivity index (χ0v) is 10.5. The van der Waals surface area contributed by atoms with Gasteiger partial charge in [-0.2, -0.15) is 0 Å². The first kappa shape index (κ1) is 13.4. The molecule has 1 atom stereocenters. The zero-order valence-electron chi connectivity index (χ0n) is 10.5. The van der Waals surface area contributed by atoms with Crippen molar-refractivity contribution in [3.63, 3.8) is 0 Å². The molecule has 0 radical (unpaired) electrons. The van der Waals surface area contributed by atoms with Crippen molar-refractivity contribution in [1.82, 2.24) is 0 Å². The normalized spacial score (nSPS) is 11.9. The van der Waals surface area contributed by atoms with Crippen molar-refractivity contribution >= 4 is 0 Å². The van der Waals surface area contributed by atoms with Gasteiger partial charge in [0.15, 0.2) is 11.6 Å². The smallest absolute Gasteiger partial charge is 0.165 e. The SMILES string of the molecule is COc1cccc(C(O)COc2ccccc2F)c1. The van der Waals surface area contributed by atoms with Gasteiger partial charge < -0.3 is 14.6 Å². The molecule has 3 nitrogen and oxygen atoms in total. The minimum Gasteiger partial charge on any atom is -0.497 e. The Hall–Kier alpha value is -2.07. The van der Waals surface area contributed by atoms with Crippen LogP contribution < -0.4 is 9.47 Å². The summed E-state index contributed by atoms with van der Waals surface area (Å²) in [5.41, 5.74) is 0.663. The predicted molar refractivity (Wildman–Crippen MR) is 69.8 cm³/mol. The van der Waals surface area contributed by atoms with E-state index in [0.29, 0.717) is 11.3 Å². The third kappa shape index (κ3) is 3.45. The fourth-order valence-electron chi connectivity index (χ4n) is 1.68. The molecule has 2 aromatic rings. The van der Waals surface area contributed by atoms with Gasteiger partial charge in [0.2, 0.25) is 0 Å². The van der Waals surface area contributed by atoms with E-state index in [-0.39, 0.29) is 12.4 Å². The Morgan fingerprint density at radius 3 is 2.68 bits per heavy atom. The molecule has 2 aromatic carbocycles. The van der Waals surface area contributed by atoms with Gasteiger partial charge >= 0.3 is 0 Å². The third-order valence-electron chi connectivity index (χ3n) is 2.71.